The van der Waals surface area contributed by atoms with Gasteiger partial charge in [-0.2, -0.15) is 11.8 Å². The van der Waals surface area contributed by atoms with Crippen LogP contribution in [0.1, 0.15) is 26.2 Å². The van der Waals surface area contributed by atoms with Crippen molar-refractivity contribution < 1.29 is 24.2 Å². The molecule has 0 radical (unpaired) electrons. The predicted molar refractivity (Wildman–Crippen MR) is 70.9 cm³/mol. The maximum absolute atomic E-state index is 11.8. The molecule has 1 unspecified atom stereocenters. The van der Waals surface area contributed by atoms with Gasteiger partial charge in [-0.15, -0.1) is 0 Å². The smallest absolute Gasteiger partial charge is 0.326 e. The number of esters is 1. The van der Waals surface area contributed by atoms with E-state index in [1.807, 2.05) is 0 Å². The average molecular weight is 289 g/mol. The first-order valence-electron chi connectivity index (χ1n) is 6.31. The third kappa shape index (κ3) is 5.50. The summed E-state index contributed by atoms with van der Waals surface area (Å²) in [4.78, 5) is 34.1. The fourth-order valence-corrected chi connectivity index (χ4v) is 3.00. The standard InChI is InChI=1S/C12H19NO5S/c1-2-18-10(14)4-3-9(12(16)17)13-11(15)8-5-6-19-7-8/h8-9H,2-7H2,1H3,(H,13,15)(H,16,17)/t8?,9-/m0/s1. The topological polar surface area (TPSA) is 92.7 Å². The molecule has 2 atom stereocenters. The van der Waals surface area contributed by atoms with E-state index in [1.54, 1.807) is 18.7 Å². The highest BCUT2D eigenvalue weighted by molar-refractivity contribution is 7.99. The summed E-state index contributed by atoms with van der Waals surface area (Å²) in [5.41, 5.74) is 0. The Balaban J connectivity index is 2.41. The molecule has 1 amide bonds. The van der Waals surface area contributed by atoms with E-state index < -0.39 is 18.0 Å². The van der Waals surface area contributed by atoms with Gasteiger partial charge in [-0.3, -0.25) is 9.59 Å². The first-order chi connectivity index (χ1) is 9.04. The van der Waals surface area contributed by atoms with E-state index in [2.05, 4.69) is 5.32 Å². The van der Waals surface area contributed by atoms with Crippen LogP contribution < -0.4 is 5.32 Å². The van der Waals surface area contributed by atoms with Crippen LogP contribution in [0.3, 0.4) is 0 Å². The van der Waals surface area contributed by atoms with Crippen LogP contribution in [-0.2, 0) is 19.1 Å². The Morgan fingerprint density at radius 1 is 1.47 bits per heavy atom. The van der Waals surface area contributed by atoms with Gasteiger partial charge in [0.15, 0.2) is 0 Å². The molecule has 0 aromatic rings. The Labute approximate surface area is 116 Å². The molecule has 7 heteroatoms. The van der Waals surface area contributed by atoms with E-state index in [-0.39, 0.29) is 31.3 Å². The van der Waals surface area contributed by atoms with Crippen LogP contribution in [-0.4, -0.2) is 47.1 Å². The quantitative estimate of drug-likeness (QED) is 0.669. The first kappa shape index (κ1) is 15.8. The first-order valence-corrected chi connectivity index (χ1v) is 7.46. The molecule has 19 heavy (non-hydrogen) atoms. The Morgan fingerprint density at radius 2 is 2.21 bits per heavy atom. The molecule has 0 saturated carbocycles. The van der Waals surface area contributed by atoms with Crippen molar-refractivity contribution in [3.63, 3.8) is 0 Å². The molecule has 0 spiro atoms. The lowest BCUT2D eigenvalue weighted by Crippen LogP contribution is -2.44. The van der Waals surface area contributed by atoms with Gasteiger partial charge in [-0.05, 0) is 25.5 Å². The number of carboxylic acids is 1. The van der Waals surface area contributed by atoms with Crippen molar-refractivity contribution in [3.05, 3.63) is 0 Å². The summed E-state index contributed by atoms with van der Waals surface area (Å²) in [6, 6.07) is -1.03. The number of aliphatic carboxylic acids is 1. The maximum Gasteiger partial charge on any atom is 0.326 e. The highest BCUT2D eigenvalue weighted by atomic mass is 32.2. The summed E-state index contributed by atoms with van der Waals surface area (Å²) in [6.45, 7) is 1.95. The zero-order valence-electron chi connectivity index (χ0n) is 10.9. The molecule has 108 valence electrons. The number of hydrogen-bond donors (Lipinski definition) is 2. The fraction of sp³-hybridized carbons (Fsp3) is 0.750. The minimum absolute atomic E-state index is 0.00942. The van der Waals surface area contributed by atoms with Gasteiger partial charge < -0.3 is 15.2 Å². The number of thioether (sulfide) groups is 1. The van der Waals surface area contributed by atoms with Crippen LogP contribution in [0.2, 0.25) is 0 Å². The van der Waals surface area contributed by atoms with Gasteiger partial charge in [0.2, 0.25) is 5.91 Å². The summed E-state index contributed by atoms with van der Waals surface area (Å²) in [5.74, 6) is -0.257. The predicted octanol–water partition coefficient (Wildman–Crippen LogP) is 0.652. The van der Waals surface area contributed by atoms with Crippen molar-refractivity contribution in [2.24, 2.45) is 5.92 Å². The van der Waals surface area contributed by atoms with Gasteiger partial charge in [0.05, 0.1) is 6.61 Å². The number of hydrogen-bond acceptors (Lipinski definition) is 5. The third-order valence-electron chi connectivity index (χ3n) is 2.86. The van der Waals surface area contributed by atoms with Crippen molar-refractivity contribution in [1.29, 1.82) is 0 Å². The number of carbonyl (C=O) groups excluding carboxylic acids is 2. The molecule has 1 heterocycles. The summed E-state index contributed by atoms with van der Waals surface area (Å²) < 4.78 is 4.73. The van der Waals surface area contributed by atoms with E-state index in [0.717, 1.165) is 17.9 Å². The molecule has 1 fully saturated rings. The van der Waals surface area contributed by atoms with E-state index in [9.17, 15) is 14.4 Å². The molecule has 0 bridgehead atoms. The molecule has 0 aliphatic carbocycles. The molecule has 0 aromatic heterocycles. The molecule has 1 saturated heterocycles. The molecular weight excluding hydrogens is 270 g/mol. The molecule has 1 aliphatic heterocycles. The lowest BCUT2D eigenvalue weighted by Gasteiger charge is -2.16. The van der Waals surface area contributed by atoms with Gasteiger partial charge in [0, 0.05) is 18.1 Å². The van der Waals surface area contributed by atoms with Crippen molar-refractivity contribution in [3.8, 4) is 0 Å². The van der Waals surface area contributed by atoms with Crippen molar-refractivity contribution in [2.45, 2.75) is 32.2 Å². The summed E-state index contributed by atoms with van der Waals surface area (Å²) in [7, 11) is 0. The van der Waals surface area contributed by atoms with Gasteiger partial charge in [0.1, 0.15) is 6.04 Å². The van der Waals surface area contributed by atoms with Gasteiger partial charge >= 0.3 is 11.9 Å². The average Bonchev–Trinajstić information content (AvgIpc) is 2.88. The largest absolute Gasteiger partial charge is 0.480 e. The normalized spacial score (nSPS) is 19.7. The number of carbonyl (C=O) groups is 3. The van der Waals surface area contributed by atoms with E-state index >= 15 is 0 Å². The Bertz CT molecular complexity index is 341. The Hall–Kier alpha value is -1.24. The number of amides is 1. The van der Waals surface area contributed by atoms with Crippen LogP contribution in [0.5, 0.6) is 0 Å². The molecule has 0 aromatic carbocycles. The molecular formula is C12H19NO5S. The van der Waals surface area contributed by atoms with E-state index in [0.29, 0.717) is 0 Å². The monoisotopic (exact) mass is 289 g/mol. The number of carboxylic acid groups (broad SMARTS) is 1. The third-order valence-corrected chi connectivity index (χ3v) is 4.02. The second kappa shape index (κ2) is 8.04. The van der Waals surface area contributed by atoms with Crippen LogP contribution >= 0.6 is 11.8 Å². The highest BCUT2D eigenvalue weighted by Gasteiger charge is 2.28. The summed E-state index contributed by atoms with van der Waals surface area (Å²) in [6.07, 6.45) is 0.824. The summed E-state index contributed by atoms with van der Waals surface area (Å²) >= 11 is 1.69. The van der Waals surface area contributed by atoms with Crippen molar-refractivity contribution in [2.75, 3.05) is 18.1 Å². The lowest BCUT2D eigenvalue weighted by molar-refractivity contribution is -0.145. The Kier molecular flexibility index (Phi) is 6.69. The van der Waals surface area contributed by atoms with Crippen molar-refractivity contribution in [1.82, 2.24) is 5.32 Å². The Morgan fingerprint density at radius 3 is 2.74 bits per heavy atom. The molecule has 2 N–H and O–H groups in total. The minimum atomic E-state index is -1.12. The SMILES string of the molecule is CCOC(=O)CC[C@H](NC(=O)C1CCSC1)C(=O)O. The lowest BCUT2D eigenvalue weighted by atomic mass is 10.1. The second-order valence-electron chi connectivity index (χ2n) is 4.30. The van der Waals surface area contributed by atoms with Crippen LogP contribution in [0.4, 0.5) is 0 Å². The zero-order valence-corrected chi connectivity index (χ0v) is 11.7. The number of ether oxygens (including phenoxy) is 1. The van der Waals surface area contributed by atoms with Crippen LogP contribution in [0.15, 0.2) is 0 Å². The van der Waals surface area contributed by atoms with E-state index in [4.69, 9.17) is 9.84 Å². The van der Waals surface area contributed by atoms with E-state index in [1.165, 1.54) is 0 Å². The van der Waals surface area contributed by atoms with Gasteiger partial charge in [-0.1, -0.05) is 0 Å². The fourth-order valence-electron chi connectivity index (χ4n) is 1.78. The van der Waals surface area contributed by atoms with Gasteiger partial charge in [0.25, 0.3) is 0 Å². The number of rotatable bonds is 7. The molecule has 1 rings (SSSR count). The summed E-state index contributed by atoms with van der Waals surface area (Å²) in [5, 5.41) is 11.5. The highest BCUT2D eigenvalue weighted by Crippen LogP contribution is 2.23. The second-order valence-corrected chi connectivity index (χ2v) is 5.45. The number of nitrogens with one attached hydrogen (secondary N) is 1. The van der Waals surface area contributed by atoms with Gasteiger partial charge in [-0.25, -0.2) is 4.79 Å². The molecule has 6 nitrogen and oxygen atoms in total. The maximum atomic E-state index is 11.8. The van der Waals surface area contributed by atoms with Crippen LogP contribution in [0, 0.1) is 5.92 Å². The van der Waals surface area contributed by atoms with Crippen LogP contribution in [0.25, 0.3) is 0 Å². The van der Waals surface area contributed by atoms with Crippen molar-refractivity contribution >= 4 is 29.6 Å². The molecule has 1 aliphatic rings. The zero-order chi connectivity index (χ0) is 14.3. The minimum Gasteiger partial charge on any atom is -0.480 e.